The number of aliphatic carboxylic acids is 1. The lowest BCUT2D eigenvalue weighted by Gasteiger charge is -2.28. The normalized spacial score (nSPS) is 22.5. The van der Waals surface area contributed by atoms with Crippen LogP contribution in [0.15, 0.2) is 11.1 Å². The van der Waals surface area contributed by atoms with E-state index in [9.17, 15) is 33.8 Å². The van der Waals surface area contributed by atoms with Gasteiger partial charge in [0, 0.05) is 6.42 Å². The van der Waals surface area contributed by atoms with Crippen LogP contribution >= 0.6 is 7.75 Å². The highest BCUT2D eigenvalue weighted by Gasteiger charge is 2.42. The number of anilines is 1. The molecule has 0 aromatic carbocycles. The summed E-state index contributed by atoms with van der Waals surface area (Å²) in [6.07, 6.45) is -3.21. The molecule has 1 aliphatic rings. The van der Waals surface area contributed by atoms with Gasteiger partial charge >= 0.3 is 13.7 Å². The summed E-state index contributed by atoms with van der Waals surface area (Å²) in [5.74, 6) is -2.93. The summed E-state index contributed by atoms with van der Waals surface area (Å²) in [5.41, 5.74) is 10.4. The topological polar surface area (TPSA) is 260 Å². The van der Waals surface area contributed by atoms with E-state index in [2.05, 4.69) is 15.0 Å². The molecule has 1 fully saturated rings. The SMILES string of the molecule is Nc1nc2c(ncn2[C@H]2CC(O)[C@@H](CN(C(=O)[C@@H](N)CC(=O)O)P(=O)(O)O)O2)c(=O)[nH]1. The maximum atomic E-state index is 12.3. The lowest BCUT2D eigenvalue weighted by Crippen LogP contribution is -2.47. The monoisotopic (exact) mass is 461 g/mol. The summed E-state index contributed by atoms with van der Waals surface area (Å²) in [7, 11) is -5.21. The number of imidazole rings is 1. The summed E-state index contributed by atoms with van der Waals surface area (Å²) >= 11 is 0. The quantitative estimate of drug-likeness (QED) is 0.204. The number of nitrogens with zero attached hydrogens (tertiary/aromatic N) is 4. The predicted molar refractivity (Wildman–Crippen MR) is 101 cm³/mol. The van der Waals surface area contributed by atoms with Gasteiger partial charge in [-0.25, -0.2) is 14.2 Å². The van der Waals surface area contributed by atoms with E-state index in [1.807, 2.05) is 0 Å². The zero-order chi connectivity index (χ0) is 23.1. The van der Waals surface area contributed by atoms with Crippen LogP contribution in [-0.4, -0.2) is 80.9 Å². The van der Waals surface area contributed by atoms with Gasteiger partial charge in [0.05, 0.1) is 31.4 Å². The molecule has 31 heavy (non-hydrogen) atoms. The zero-order valence-corrected chi connectivity index (χ0v) is 16.6. The Hall–Kier alpha value is -2.88. The lowest BCUT2D eigenvalue weighted by molar-refractivity contribution is -0.141. The maximum Gasteiger partial charge on any atom is 0.432 e. The van der Waals surface area contributed by atoms with Gasteiger partial charge in [-0.1, -0.05) is 0 Å². The van der Waals surface area contributed by atoms with E-state index in [0.29, 0.717) is 0 Å². The molecule has 0 radical (unpaired) electrons. The number of nitrogens with two attached hydrogens (primary N) is 2. The number of carbonyl (C=O) groups excluding carboxylic acids is 1. The highest BCUT2D eigenvalue weighted by molar-refractivity contribution is 7.49. The van der Waals surface area contributed by atoms with Crippen molar-refractivity contribution in [3.63, 3.8) is 0 Å². The maximum absolute atomic E-state index is 12.3. The minimum absolute atomic E-state index is 0.0394. The van der Waals surface area contributed by atoms with E-state index >= 15 is 0 Å². The van der Waals surface area contributed by atoms with E-state index in [4.69, 9.17) is 21.3 Å². The molecule has 17 heteroatoms. The van der Waals surface area contributed by atoms with E-state index < -0.39 is 62.6 Å². The molecule has 3 rings (SSSR count). The van der Waals surface area contributed by atoms with Gasteiger partial charge in [0.25, 0.3) is 5.56 Å². The van der Waals surface area contributed by atoms with Crippen molar-refractivity contribution in [1.29, 1.82) is 0 Å². The number of aliphatic hydroxyl groups excluding tert-OH is 1. The average Bonchev–Trinajstić information content (AvgIpc) is 3.21. The predicted octanol–water partition coefficient (Wildman–Crippen LogP) is -2.93. The number of carboxylic acid groups (broad SMARTS) is 1. The van der Waals surface area contributed by atoms with Gasteiger partial charge in [0.2, 0.25) is 11.9 Å². The third-order valence-corrected chi connectivity index (χ3v) is 5.59. The Morgan fingerprint density at radius 2 is 2.13 bits per heavy atom. The third kappa shape index (κ3) is 4.73. The molecule has 1 unspecified atom stereocenters. The fourth-order valence-corrected chi connectivity index (χ4v) is 3.94. The van der Waals surface area contributed by atoms with Crippen molar-refractivity contribution in [2.24, 2.45) is 5.73 Å². The van der Waals surface area contributed by atoms with Gasteiger partial charge in [0.15, 0.2) is 11.2 Å². The molecule has 170 valence electrons. The van der Waals surface area contributed by atoms with Crippen LogP contribution < -0.4 is 17.0 Å². The molecular weight excluding hydrogens is 441 g/mol. The van der Waals surface area contributed by atoms with Gasteiger partial charge in [-0.05, 0) is 0 Å². The second-order valence-electron chi connectivity index (χ2n) is 6.85. The number of aromatic amines is 1. The fraction of sp³-hybridized carbons (Fsp3) is 0.500. The first-order chi connectivity index (χ1) is 14.4. The number of carbonyl (C=O) groups is 2. The number of H-pyrrole nitrogens is 1. The molecule has 4 atom stereocenters. The average molecular weight is 461 g/mol. The minimum Gasteiger partial charge on any atom is -0.481 e. The molecule has 3 heterocycles. The Morgan fingerprint density at radius 3 is 2.74 bits per heavy atom. The second-order valence-corrected chi connectivity index (χ2v) is 8.35. The van der Waals surface area contributed by atoms with Gasteiger partial charge in [-0.3, -0.25) is 23.9 Å². The molecular formula is C14H20N7O9P. The van der Waals surface area contributed by atoms with E-state index in [-0.39, 0.29) is 28.2 Å². The number of nitrogens with one attached hydrogen (secondary N) is 1. The summed E-state index contributed by atoms with van der Waals surface area (Å²) in [5, 5.41) is 19.1. The van der Waals surface area contributed by atoms with Crippen molar-refractivity contribution in [2.45, 2.75) is 37.3 Å². The molecule has 0 saturated carbocycles. The van der Waals surface area contributed by atoms with Crippen LogP contribution in [0.25, 0.3) is 11.2 Å². The van der Waals surface area contributed by atoms with Crippen LogP contribution in [0.4, 0.5) is 5.95 Å². The fourth-order valence-electron chi connectivity index (χ4n) is 3.17. The molecule has 0 aliphatic carbocycles. The summed E-state index contributed by atoms with van der Waals surface area (Å²) < 4.78 is 18.8. The molecule has 16 nitrogen and oxygen atoms in total. The number of carboxylic acids is 1. The smallest absolute Gasteiger partial charge is 0.432 e. The van der Waals surface area contributed by atoms with Gasteiger partial charge in [-0.15, -0.1) is 0 Å². The van der Waals surface area contributed by atoms with Crippen LogP contribution in [0.3, 0.4) is 0 Å². The van der Waals surface area contributed by atoms with Crippen molar-refractivity contribution in [3.05, 3.63) is 16.7 Å². The highest BCUT2D eigenvalue weighted by atomic mass is 31.2. The van der Waals surface area contributed by atoms with Crippen molar-refractivity contribution >= 4 is 36.7 Å². The molecule has 0 spiro atoms. The van der Waals surface area contributed by atoms with Crippen LogP contribution in [0.1, 0.15) is 19.1 Å². The molecule has 2 aromatic rings. The standard InChI is InChI=1S/C14H20N7O9P/c15-5(1-9(23)24)13(26)21(31(27,28)29)3-7-6(22)2-8(30-7)20-4-17-10-11(20)18-14(16)19-12(10)25/h4-8,22H,1-3,15H2,(H,23,24)(H2,27,28,29)(H3,16,18,19,25)/t5-,6?,7+,8+/m0/s1. The molecule has 1 saturated heterocycles. The Balaban J connectivity index is 1.83. The number of aliphatic hydroxyl groups is 1. The Kier molecular flexibility index (Phi) is 6.13. The van der Waals surface area contributed by atoms with E-state index in [1.54, 1.807) is 0 Å². The Labute approximate surface area is 172 Å². The first kappa shape index (κ1) is 22.8. The number of fused-ring (bicyclic) bond motifs is 1. The number of hydrogen-bond acceptors (Lipinski definition) is 10. The zero-order valence-electron chi connectivity index (χ0n) is 15.7. The van der Waals surface area contributed by atoms with Crippen LogP contribution in [0.2, 0.25) is 0 Å². The first-order valence-electron chi connectivity index (χ1n) is 8.79. The minimum atomic E-state index is -5.21. The molecule has 1 aliphatic heterocycles. The molecule has 0 bridgehead atoms. The van der Waals surface area contributed by atoms with Crippen molar-refractivity contribution < 1.29 is 38.9 Å². The van der Waals surface area contributed by atoms with Crippen molar-refractivity contribution in [3.8, 4) is 0 Å². The number of ether oxygens (including phenoxy) is 1. The molecule has 2 aromatic heterocycles. The summed E-state index contributed by atoms with van der Waals surface area (Å²) in [4.78, 5) is 64.2. The largest absolute Gasteiger partial charge is 0.481 e. The van der Waals surface area contributed by atoms with Gasteiger partial charge in [0.1, 0.15) is 12.3 Å². The second kappa shape index (κ2) is 8.33. The van der Waals surface area contributed by atoms with Crippen molar-refractivity contribution in [2.75, 3.05) is 12.3 Å². The van der Waals surface area contributed by atoms with Crippen molar-refractivity contribution in [1.82, 2.24) is 24.2 Å². The number of hydrogen-bond donors (Lipinski definition) is 7. The Bertz CT molecular complexity index is 1110. The number of rotatable bonds is 7. The van der Waals surface area contributed by atoms with E-state index in [0.717, 1.165) is 0 Å². The Morgan fingerprint density at radius 1 is 1.45 bits per heavy atom. The number of amides is 1. The van der Waals surface area contributed by atoms with Crippen LogP contribution in [0, 0.1) is 0 Å². The summed E-state index contributed by atoms with van der Waals surface area (Å²) in [6, 6.07) is -1.71. The first-order valence-corrected chi connectivity index (χ1v) is 10.4. The lowest BCUT2D eigenvalue weighted by atomic mass is 10.1. The van der Waals surface area contributed by atoms with Gasteiger partial charge in [-0.2, -0.15) is 4.98 Å². The molecule has 9 N–H and O–H groups in total. The number of nitrogen functional groups attached to an aromatic ring is 1. The van der Waals surface area contributed by atoms with Gasteiger partial charge < -0.3 is 36.2 Å². The highest BCUT2D eigenvalue weighted by Crippen LogP contribution is 2.42. The van der Waals surface area contributed by atoms with Crippen LogP contribution in [0.5, 0.6) is 0 Å². The number of aromatic nitrogens is 4. The molecule has 1 amide bonds. The van der Waals surface area contributed by atoms with E-state index in [1.165, 1.54) is 10.9 Å². The third-order valence-electron chi connectivity index (χ3n) is 4.60. The van der Waals surface area contributed by atoms with Crippen LogP contribution in [-0.2, 0) is 18.9 Å². The summed E-state index contributed by atoms with van der Waals surface area (Å²) in [6.45, 7) is -0.767.